The number of aryl methyl sites for hydroxylation is 1. The summed E-state index contributed by atoms with van der Waals surface area (Å²) in [7, 11) is 3.59. The van der Waals surface area contributed by atoms with Crippen molar-refractivity contribution in [1.82, 2.24) is 14.5 Å². The molecule has 1 aromatic heterocycles. The largest absolute Gasteiger partial charge is 0.376 e. The van der Waals surface area contributed by atoms with Gasteiger partial charge >= 0.3 is 0 Å². The van der Waals surface area contributed by atoms with Crippen molar-refractivity contribution in [3.63, 3.8) is 0 Å². The highest BCUT2D eigenvalue weighted by atomic mass is 16.3. The van der Waals surface area contributed by atoms with E-state index in [1.165, 1.54) is 12.3 Å². The number of aliphatic hydroxyl groups excluding tert-OH is 1. The highest BCUT2D eigenvalue weighted by Crippen LogP contribution is 2.25. The van der Waals surface area contributed by atoms with Gasteiger partial charge in [-0.3, -0.25) is 14.3 Å². The molecule has 2 rings (SSSR count). The van der Waals surface area contributed by atoms with Crippen LogP contribution in [0.3, 0.4) is 0 Å². The molecule has 0 saturated carbocycles. The maximum atomic E-state index is 11.6. The lowest BCUT2D eigenvalue weighted by molar-refractivity contribution is -0.00321. The quantitative estimate of drug-likeness (QED) is 0.674. The van der Waals surface area contributed by atoms with E-state index in [4.69, 9.17) is 0 Å². The molecule has 1 aromatic rings. The van der Waals surface area contributed by atoms with E-state index in [0.29, 0.717) is 0 Å². The molecule has 0 radical (unpaired) electrons. The van der Waals surface area contributed by atoms with Gasteiger partial charge in [-0.25, -0.2) is 4.98 Å². The molecule has 1 aliphatic rings. The van der Waals surface area contributed by atoms with Crippen LogP contribution in [0.2, 0.25) is 0 Å². The predicted molar refractivity (Wildman–Crippen MR) is 55.5 cm³/mol. The van der Waals surface area contributed by atoms with Crippen LogP contribution in [0.15, 0.2) is 17.1 Å². The maximum Gasteiger partial charge on any atom is 0.253 e. The maximum absolute atomic E-state index is 11.6. The van der Waals surface area contributed by atoms with Crippen LogP contribution >= 0.6 is 0 Å². The second-order valence-corrected chi connectivity index (χ2v) is 4.05. The highest BCUT2D eigenvalue weighted by molar-refractivity contribution is 5.03. The Labute approximate surface area is 88.0 Å². The molecule has 15 heavy (non-hydrogen) atoms. The second kappa shape index (κ2) is 3.75. The molecule has 5 heteroatoms. The van der Waals surface area contributed by atoms with Crippen LogP contribution < -0.4 is 5.56 Å². The molecule has 5 nitrogen and oxygen atoms in total. The Hall–Kier alpha value is -1.20. The van der Waals surface area contributed by atoms with E-state index in [1.807, 2.05) is 0 Å². The van der Waals surface area contributed by atoms with Gasteiger partial charge in [-0.15, -0.1) is 0 Å². The monoisotopic (exact) mass is 209 g/mol. The number of fused-ring (bicyclic) bond motifs is 1. The molecule has 2 atom stereocenters. The molecule has 0 saturated heterocycles. The van der Waals surface area contributed by atoms with Gasteiger partial charge < -0.3 is 5.11 Å². The van der Waals surface area contributed by atoms with Gasteiger partial charge in [0.2, 0.25) is 0 Å². The first kappa shape index (κ1) is 10.3. The minimum Gasteiger partial charge on any atom is -0.376 e. The third-order valence-corrected chi connectivity index (χ3v) is 2.82. The minimum absolute atomic E-state index is 0.0802. The van der Waals surface area contributed by atoms with Crippen molar-refractivity contribution < 1.29 is 5.11 Å². The molecular weight excluding hydrogens is 194 g/mol. The van der Waals surface area contributed by atoms with Crippen molar-refractivity contribution in [2.24, 2.45) is 0 Å². The van der Waals surface area contributed by atoms with Crippen LogP contribution in [-0.4, -0.2) is 39.9 Å². The number of hydrogen-bond acceptors (Lipinski definition) is 4. The van der Waals surface area contributed by atoms with Gasteiger partial charge in [-0.1, -0.05) is 0 Å². The fraction of sp³-hybridized carbons (Fsp3) is 0.600. The first-order chi connectivity index (χ1) is 7.11. The Kier molecular flexibility index (Phi) is 2.58. The third kappa shape index (κ3) is 1.68. The van der Waals surface area contributed by atoms with Crippen molar-refractivity contribution >= 4 is 0 Å². The summed E-state index contributed by atoms with van der Waals surface area (Å²) in [4.78, 5) is 17.5. The minimum atomic E-state index is -0.631. The van der Waals surface area contributed by atoms with Gasteiger partial charge in [0.1, 0.15) is 12.1 Å². The van der Waals surface area contributed by atoms with Gasteiger partial charge in [0, 0.05) is 18.7 Å². The Morgan fingerprint density at radius 3 is 3.07 bits per heavy atom. The lowest BCUT2D eigenvalue weighted by Gasteiger charge is -2.25. The molecular formula is C10H15N3O2. The zero-order chi connectivity index (χ0) is 11.0. The predicted octanol–water partition coefficient (Wildman–Crippen LogP) is -0.389. The number of likely N-dealkylation sites (N-methyl/N-ethyl adjacent to an activating group) is 1. The zero-order valence-electron chi connectivity index (χ0n) is 8.92. The summed E-state index contributed by atoms with van der Waals surface area (Å²) in [5, 5.41) is 9.94. The van der Waals surface area contributed by atoms with Crippen molar-refractivity contribution in [2.75, 3.05) is 14.1 Å². The number of aromatic nitrogens is 2. The van der Waals surface area contributed by atoms with Crippen LogP contribution in [0.1, 0.15) is 18.3 Å². The zero-order valence-corrected chi connectivity index (χ0v) is 8.92. The van der Waals surface area contributed by atoms with Gasteiger partial charge in [0.15, 0.2) is 0 Å². The van der Waals surface area contributed by atoms with Gasteiger partial charge in [0.05, 0.1) is 6.04 Å². The van der Waals surface area contributed by atoms with Crippen molar-refractivity contribution in [2.45, 2.75) is 25.1 Å². The summed E-state index contributed by atoms with van der Waals surface area (Å²) in [6, 6.07) is 1.26. The number of rotatable bonds is 2. The van der Waals surface area contributed by atoms with Gasteiger partial charge in [0.25, 0.3) is 5.56 Å². The van der Waals surface area contributed by atoms with Crippen LogP contribution in [-0.2, 0) is 6.42 Å². The van der Waals surface area contributed by atoms with E-state index in [0.717, 1.165) is 18.7 Å². The smallest absolute Gasteiger partial charge is 0.253 e. The van der Waals surface area contributed by atoms with E-state index < -0.39 is 6.23 Å². The molecule has 0 aliphatic carbocycles. The van der Waals surface area contributed by atoms with Crippen LogP contribution in [0, 0.1) is 0 Å². The van der Waals surface area contributed by atoms with E-state index in [1.54, 1.807) is 23.6 Å². The molecule has 2 heterocycles. The number of nitrogens with zero attached hydrogens (tertiary/aromatic N) is 3. The summed E-state index contributed by atoms with van der Waals surface area (Å²) < 4.78 is 1.60. The standard InChI is InChI=1S/C10H15N3O2/c1-12(2)10(15)7-3-4-8-11-6-5-9(14)13(7)8/h5-7,10,15H,3-4H2,1-2H3. The van der Waals surface area contributed by atoms with Gasteiger partial charge in [-0.05, 0) is 20.5 Å². The Bertz CT molecular complexity index is 413. The average Bonchev–Trinajstić information content (AvgIpc) is 2.61. The van der Waals surface area contributed by atoms with E-state index in [9.17, 15) is 9.90 Å². The molecule has 1 aliphatic heterocycles. The molecule has 0 aromatic carbocycles. The number of hydrogen-bond donors (Lipinski definition) is 1. The van der Waals surface area contributed by atoms with Crippen molar-refractivity contribution in [3.05, 3.63) is 28.4 Å². The first-order valence-electron chi connectivity index (χ1n) is 5.02. The Morgan fingerprint density at radius 1 is 1.67 bits per heavy atom. The topological polar surface area (TPSA) is 58.4 Å². The SMILES string of the molecule is CN(C)C(O)C1CCc2nccc(=O)n21. The summed E-state index contributed by atoms with van der Waals surface area (Å²) in [5.74, 6) is 0.772. The van der Waals surface area contributed by atoms with Crippen LogP contribution in [0.4, 0.5) is 0 Å². The second-order valence-electron chi connectivity index (χ2n) is 4.05. The molecule has 82 valence electrons. The fourth-order valence-electron chi connectivity index (χ4n) is 2.03. The fourth-order valence-corrected chi connectivity index (χ4v) is 2.03. The van der Waals surface area contributed by atoms with Gasteiger partial charge in [-0.2, -0.15) is 0 Å². The molecule has 0 bridgehead atoms. The van der Waals surface area contributed by atoms with Crippen LogP contribution in [0.5, 0.6) is 0 Å². The third-order valence-electron chi connectivity index (χ3n) is 2.82. The van der Waals surface area contributed by atoms with E-state index in [2.05, 4.69) is 4.98 Å². The van der Waals surface area contributed by atoms with Crippen molar-refractivity contribution in [1.29, 1.82) is 0 Å². The number of aliphatic hydroxyl groups is 1. The lowest BCUT2D eigenvalue weighted by Crippen LogP contribution is -2.38. The summed E-state index contributed by atoms with van der Waals surface area (Å²) in [6.45, 7) is 0. The van der Waals surface area contributed by atoms with E-state index in [-0.39, 0.29) is 11.6 Å². The molecule has 1 N–H and O–H groups in total. The molecule has 0 amide bonds. The molecule has 0 spiro atoms. The van der Waals surface area contributed by atoms with Crippen molar-refractivity contribution in [3.8, 4) is 0 Å². The van der Waals surface area contributed by atoms with Crippen LogP contribution in [0.25, 0.3) is 0 Å². The Morgan fingerprint density at radius 2 is 2.40 bits per heavy atom. The summed E-state index contributed by atoms with van der Waals surface area (Å²) in [5.41, 5.74) is -0.0802. The highest BCUT2D eigenvalue weighted by Gasteiger charge is 2.30. The average molecular weight is 209 g/mol. The summed E-state index contributed by atoms with van der Waals surface area (Å²) in [6.07, 6.45) is 2.42. The molecule has 0 fully saturated rings. The first-order valence-corrected chi connectivity index (χ1v) is 5.02. The Balaban J connectivity index is 2.40. The summed E-state index contributed by atoms with van der Waals surface area (Å²) >= 11 is 0. The normalized spacial score (nSPS) is 21.7. The lowest BCUT2D eigenvalue weighted by atomic mass is 10.2. The molecule has 2 unspecified atom stereocenters. The van der Waals surface area contributed by atoms with E-state index >= 15 is 0 Å².